The molecular formula is C13H17NO5S. The smallest absolute Gasteiger partial charge is 0.297 e. The molecule has 2 heterocycles. The van der Waals surface area contributed by atoms with E-state index in [-0.39, 0.29) is 17.5 Å². The van der Waals surface area contributed by atoms with Gasteiger partial charge in [0.1, 0.15) is 12.2 Å². The second kappa shape index (κ2) is 5.09. The van der Waals surface area contributed by atoms with E-state index in [2.05, 4.69) is 5.32 Å². The summed E-state index contributed by atoms with van der Waals surface area (Å²) in [6.45, 7) is 2.43. The fourth-order valence-corrected chi connectivity index (χ4v) is 3.69. The first-order valence-corrected chi connectivity index (χ1v) is 7.91. The van der Waals surface area contributed by atoms with Gasteiger partial charge in [-0.15, -0.1) is 0 Å². The summed E-state index contributed by atoms with van der Waals surface area (Å²) in [5.41, 5.74) is 0.980. The first-order valence-electron chi connectivity index (χ1n) is 6.50. The number of aryl methyl sites for hydroxylation is 1. The molecule has 2 fully saturated rings. The van der Waals surface area contributed by atoms with E-state index in [0.717, 1.165) is 5.56 Å². The molecule has 1 aromatic carbocycles. The minimum absolute atomic E-state index is 0.130. The average Bonchev–Trinajstić information content (AvgIpc) is 2.95. The second-order valence-corrected chi connectivity index (χ2v) is 6.77. The molecule has 4 unspecified atom stereocenters. The molecule has 0 aliphatic carbocycles. The maximum absolute atomic E-state index is 12.2. The number of benzene rings is 1. The predicted octanol–water partition coefficient (Wildman–Crippen LogP) is -0.200. The Morgan fingerprint density at radius 1 is 1.35 bits per heavy atom. The lowest BCUT2D eigenvalue weighted by atomic mass is 10.1. The summed E-state index contributed by atoms with van der Waals surface area (Å²) in [7, 11) is -3.82. The molecule has 2 aliphatic heterocycles. The first-order chi connectivity index (χ1) is 9.47. The van der Waals surface area contributed by atoms with E-state index in [1.54, 1.807) is 12.1 Å². The molecule has 3 rings (SSSR count). The van der Waals surface area contributed by atoms with Crippen LogP contribution in [0.1, 0.15) is 5.56 Å². The van der Waals surface area contributed by atoms with Crippen LogP contribution in [-0.4, -0.2) is 51.0 Å². The van der Waals surface area contributed by atoms with Gasteiger partial charge in [0.25, 0.3) is 10.1 Å². The molecule has 0 saturated carbocycles. The van der Waals surface area contributed by atoms with Gasteiger partial charge >= 0.3 is 0 Å². The molecule has 20 heavy (non-hydrogen) atoms. The van der Waals surface area contributed by atoms with E-state index in [1.807, 2.05) is 6.92 Å². The monoisotopic (exact) mass is 299 g/mol. The zero-order chi connectivity index (χ0) is 14.3. The molecule has 0 radical (unpaired) electrons. The molecule has 2 N–H and O–H groups in total. The van der Waals surface area contributed by atoms with Crippen LogP contribution in [-0.2, 0) is 19.0 Å². The topological polar surface area (TPSA) is 84.9 Å². The SMILES string of the molecule is Cc1ccc(S(=O)(=O)OC2CNC3C(O)COC23)cc1. The quantitative estimate of drug-likeness (QED) is 0.752. The van der Waals surface area contributed by atoms with Gasteiger partial charge in [-0.25, -0.2) is 0 Å². The van der Waals surface area contributed by atoms with E-state index in [1.165, 1.54) is 12.1 Å². The third-order valence-corrected chi connectivity index (χ3v) is 5.06. The Kier molecular flexibility index (Phi) is 3.55. The summed E-state index contributed by atoms with van der Waals surface area (Å²) in [5.74, 6) is 0. The summed E-state index contributed by atoms with van der Waals surface area (Å²) >= 11 is 0. The van der Waals surface area contributed by atoms with Crippen molar-refractivity contribution in [2.75, 3.05) is 13.2 Å². The molecule has 0 aromatic heterocycles. The first kappa shape index (κ1) is 14.0. The molecular weight excluding hydrogens is 282 g/mol. The van der Waals surface area contributed by atoms with Crippen molar-refractivity contribution in [3.63, 3.8) is 0 Å². The van der Waals surface area contributed by atoms with Gasteiger partial charge in [-0.2, -0.15) is 8.42 Å². The van der Waals surface area contributed by atoms with Gasteiger partial charge in [0, 0.05) is 6.54 Å². The van der Waals surface area contributed by atoms with Crippen molar-refractivity contribution < 1.29 is 22.4 Å². The lowest BCUT2D eigenvalue weighted by molar-refractivity contribution is 0.0278. The number of rotatable bonds is 3. The second-order valence-electron chi connectivity index (χ2n) is 5.20. The van der Waals surface area contributed by atoms with Crippen LogP contribution in [0, 0.1) is 6.92 Å². The number of aliphatic hydroxyl groups is 1. The molecule has 110 valence electrons. The third-order valence-electron chi connectivity index (χ3n) is 3.71. The lowest BCUT2D eigenvalue weighted by Gasteiger charge is -2.17. The summed E-state index contributed by atoms with van der Waals surface area (Å²) in [6.07, 6.45) is -1.65. The zero-order valence-corrected chi connectivity index (χ0v) is 11.8. The van der Waals surface area contributed by atoms with Gasteiger partial charge in [0.15, 0.2) is 0 Å². The van der Waals surface area contributed by atoms with Crippen LogP contribution >= 0.6 is 0 Å². The molecule has 6 nitrogen and oxygen atoms in total. The van der Waals surface area contributed by atoms with Gasteiger partial charge in [0.2, 0.25) is 0 Å². The van der Waals surface area contributed by atoms with Gasteiger partial charge in [0.05, 0.1) is 23.6 Å². The normalized spacial score (nSPS) is 33.3. The van der Waals surface area contributed by atoms with Crippen molar-refractivity contribution in [1.82, 2.24) is 5.32 Å². The minimum Gasteiger partial charge on any atom is -0.389 e. The number of aliphatic hydroxyl groups excluding tert-OH is 1. The molecule has 7 heteroatoms. The highest BCUT2D eigenvalue weighted by Crippen LogP contribution is 2.27. The maximum atomic E-state index is 12.2. The van der Waals surface area contributed by atoms with Gasteiger partial charge < -0.3 is 15.2 Å². The molecule has 1 aromatic rings. The van der Waals surface area contributed by atoms with E-state index < -0.39 is 28.4 Å². The van der Waals surface area contributed by atoms with Crippen molar-refractivity contribution >= 4 is 10.1 Å². The van der Waals surface area contributed by atoms with Crippen molar-refractivity contribution in [2.24, 2.45) is 0 Å². The van der Waals surface area contributed by atoms with Crippen LogP contribution in [0.3, 0.4) is 0 Å². The third kappa shape index (κ3) is 2.47. The Hall–Kier alpha value is -0.990. The standard InChI is InChI=1S/C13H17NO5S/c1-8-2-4-9(5-3-8)20(16,17)19-11-6-14-12-10(15)7-18-13(11)12/h2-5,10-15H,6-7H2,1H3. The van der Waals surface area contributed by atoms with Crippen molar-refractivity contribution in [3.8, 4) is 0 Å². The summed E-state index contributed by atoms with van der Waals surface area (Å²) in [4.78, 5) is 0.130. The summed E-state index contributed by atoms with van der Waals surface area (Å²) in [5, 5.41) is 12.7. The number of hydrogen-bond donors (Lipinski definition) is 2. The van der Waals surface area contributed by atoms with E-state index in [0.29, 0.717) is 6.54 Å². The highest BCUT2D eigenvalue weighted by atomic mass is 32.2. The molecule has 0 spiro atoms. The van der Waals surface area contributed by atoms with E-state index in [9.17, 15) is 13.5 Å². The molecule has 2 aliphatic rings. The number of nitrogens with one attached hydrogen (secondary N) is 1. The van der Waals surface area contributed by atoms with Crippen LogP contribution in [0.2, 0.25) is 0 Å². The Labute approximate surface area is 117 Å². The zero-order valence-electron chi connectivity index (χ0n) is 11.0. The largest absolute Gasteiger partial charge is 0.389 e. The predicted molar refractivity (Wildman–Crippen MR) is 70.8 cm³/mol. The number of hydrogen-bond acceptors (Lipinski definition) is 6. The van der Waals surface area contributed by atoms with Crippen LogP contribution in [0.25, 0.3) is 0 Å². The van der Waals surface area contributed by atoms with Crippen molar-refractivity contribution in [3.05, 3.63) is 29.8 Å². The van der Waals surface area contributed by atoms with Crippen LogP contribution in [0.5, 0.6) is 0 Å². The molecule has 4 atom stereocenters. The van der Waals surface area contributed by atoms with E-state index >= 15 is 0 Å². The van der Waals surface area contributed by atoms with Gasteiger partial charge in [-0.05, 0) is 19.1 Å². The fraction of sp³-hybridized carbons (Fsp3) is 0.538. The fourth-order valence-electron chi connectivity index (χ4n) is 2.61. The maximum Gasteiger partial charge on any atom is 0.297 e. The molecule has 0 bridgehead atoms. The molecule has 0 amide bonds. The number of fused-ring (bicyclic) bond motifs is 1. The average molecular weight is 299 g/mol. The highest BCUT2D eigenvalue weighted by Gasteiger charge is 2.47. The lowest BCUT2D eigenvalue weighted by Crippen LogP contribution is -2.37. The Morgan fingerprint density at radius 3 is 2.75 bits per heavy atom. The Bertz CT molecular complexity index is 585. The van der Waals surface area contributed by atoms with Crippen LogP contribution < -0.4 is 5.32 Å². The van der Waals surface area contributed by atoms with Crippen LogP contribution in [0.15, 0.2) is 29.2 Å². The van der Waals surface area contributed by atoms with Gasteiger partial charge in [-0.1, -0.05) is 17.7 Å². The minimum atomic E-state index is -3.82. The summed E-state index contributed by atoms with van der Waals surface area (Å²) in [6, 6.07) is 6.24. The van der Waals surface area contributed by atoms with E-state index in [4.69, 9.17) is 8.92 Å². The summed E-state index contributed by atoms with van der Waals surface area (Å²) < 4.78 is 35.1. The highest BCUT2D eigenvalue weighted by molar-refractivity contribution is 7.86. The van der Waals surface area contributed by atoms with Gasteiger partial charge in [-0.3, -0.25) is 4.18 Å². The van der Waals surface area contributed by atoms with Crippen LogP contribution in [0.4, 0.5) is 0 Å². The van der Waals surface area contributed by atoms with Crippen molar-refractivity contribution in [2.45, 2.75) is 36.2 Å². The Balaban J connectivity index is 1.76. The Morgan fingerprint density at radius 2 is 2.05 bits per heavy atom. The van der Waals surface area contributed by atoms with Crippen molar-refractivity contribution in [1.29, 1.82) is 0 Å². The molecule has 2 saturated heterocycles. The number of ether oxygens (including phenoxy) is 1.